The highest BCUT2D eigenvalue weighted by molar-refractivity contribution is 6.31. The molecule has 0 atom stereocenters. The van der Waals surface area contributed by atoms with Gasteiger partial charge >= 0.3 is 5.97 Å². The van der Waals surface area contributed by atoms with Crippen molar-refractivity contribution in [2.75, 3.05) is 7.11 Å². The molecule has 0 amide bonds. The first kappa shape index (κ1) is 16.6. The highest BCUT2D eigenvalue weighted by Gasteiger charge is 2.11. The molecular formula is C18H14ClNO3. The van der Waals surface area contributed by atoms with Crippen molar-refractivity contribution < 1.29 is 14.3 Å². The molecule has 0 aliphatic carbocycles. The van der Waals surface area contributed by atoms with Gasteiger partial charge in [0.25, 0.3) is 0 Å². The lowest BCUT2D eigenvalue weighted by molar-refractivity contribution is -0.135. The maximum atomic E-state index is 11.5. The topological polar surface area (TPSA) is 59.3 Å². The van der Waals surface area contributed by atoms with Gasteiger partial charge in [-0.1, -0.05) is 48.0 Å². The van der Waals surface area contributed by atoms with E-state index in [1.165, 1.54) is 13.2 Å². The van der Waals surface area contributed by atoms with Gasteiger partial charge in [-0.2, -0.15) is 5.26 Å². The summed E-state index contributed by atoms with van der Waals surface area (Å²) in [6, 6.07) is 16.3. The maximum absolute atomic E-state index is 11.5. The summed E-state index contributed by atoms with van der Waals surface area (Å²) in [5.41, 5.74) is 1.37. The molecule has 2 aromatic rings. The molecule has 23 heavy (non-hydrogen) atoms. The zero-order chi connectivity index (χ0) is 16.7. The van der Waals surface area contributed by atoms with E-state index in [1.54, 1.807) is 24.3 Å². The lowest BCUT2D eigenvalue weighted by Gasteiger charge is -2.10. The minimum absolute atomic E-state index is 0.0960. The van der Waals surface area contributed by atoms with Crippen LogP contribution >= 0.6 is 11.6 Å². The molecular weight excluding hydrogens is 314 g/mol. The van der Waals surface area contributed by atoms with Crippen LogP contribution in [0.15, 0.2) is 54.1 Å². The van der Waals surface area contributed by atoms with Crippen LogP contribution in [0, 0.1) is 11.3 Å². The Morgan fingerprint density at radius 2 is 1.91 bits per heavy atom. The molecule has 0 aliphatic heterocycles. The number of hydrogen-bond donors (Lipinski definition) is 0. The lowest BCUT2D eigenvalue weighted by atomic mass is 10.1. The first-order valence-electron chi connectivity index (χ1n) is 6.81. The van der Waals surface area contributed by atoms with Crippen molar-refractivity contribution in [3.05, 3.63) is 70.3 Å². The van der Waals surface area contributed by atoms with E-state index in [9.17, 15) is 4.79 Å². The summed E-state index contributed by atoms with van der Waals surface area (Å²) in [7, 11) is 1.23. The van der Waals surface area contributed by atoms with Gasteiger partial charge in [0.15, 0.2) is 0 Å². The third-order valence-corrected chi connectivity index (χ3v) is 3.45. The van der Waals surface area contributed by atoms with Gasteiger partial charge in [0.05, 0.1) is 7.11 Å². The van der Waals surface area contributed by atoms with Crippen LogP contribution in [-0.4, -0.2) is 13.1 Å². The van der Waals surface area contributed by atoms with Gasteiger partial charge in [-0.15, -0.1) is 0 Å². The summed E-state index contributed by atoms with van der Waals surface area (Å²) in [6.45, 7) is 0.282. The van der Waals surface area contributed by atoms with Crippen molar-refractivity contribution in [1.82, 2.24) is 0 Å². The van der Waals surface area contributed by atoms with Crippen molar-refractivity contribution in [2.24, 2.45) is 0 Å². The van der Waals surface area contributed by atoms with Crippen molar-refractivity contribution in [3.63, 3.8) is 0 Å². The zero-order valence-corrected chi connectivity index (χ0v) is 13.2. The van der Waals surface area contributed by atoms with E-state index in [-0.39, 0.29) is 12.2 Å². The number of carbonyl (C=O) groups is 1. The minimum Gasteiger partial charge on any atom is -0.488 e. The maximum Gasteiger partial charge on any atom is 0.348 e. The van der Waals surface area contributed by atoms with Gasteiger partial charge in [-0.05, 0) is 18.2 Å². The highest BCUT2D eigenvalue weighted by atomic mass is 35.5. The average Bonchev–Trinajstić information content (AvgIpc) is 2.59. The summed E-state index contributed by atoms with van der Waals surface area (Å²) in [4.78, 5) is 11.5. The van der Waals surface area contributed by atoms with Crippen LogP contribution in [0.3, 0.4) is 0 Å². The standard InChI is InChI=1S/C18H14ClNO3/c1-22-18(21)15(11-20)10-13-6-3-5-9-17(13)23-12-14-7-2-4-8-16(14)19/h2-10H,12H2,1H3/b15-10+. The summed E-state index contributed by atoms with van der Waals surface area (Å²) >= 11 is 6.10. The number of benzene rings is 2. The molecule has 0 unspecified atom stereocenters. The Morgan fingerprint density at radius 1 is 1.22 bits per heavy atom. The number of halogens is 1. The molecule has 0 heterocycles. The predicted molar refractivity (Wildman–Crippen MR) is 87.8 cm³/mol. The molecule has 0 saturated carbocycles. The van der Waals surface area contributed by atoms with Gasteiger partial charge in [0.1, 0.15) is 24.0 Å². The fraction of sp³-hybridized carbons (Fsp3) is 0.111. The summed E-state index contributed by atoms with van der Waals surface area (Å²) in [6.07, 6.45) is 1.44. The third kappa shape index (κ3) is 4.35. The monoisotopic (exact) mass is 327 g/mol. The van der Waals surface area contributed by atoms with E-state index in [4.69, 9.17) is 21.6 Å². The average molecular weight is 328 g/mol. The van der Waals surface area contributed by atoms with Crippen LogP contribution in [0.5, 0.6) is 5.75 Å². The fourth-order valence-corrected chi connectivity index (χ4v) is 2.09. The van der Waals surface area contributed by atoms with Crippen LogP contribution in [0.1, 0.15) is 11.1 Å². The van der Waals surface area contributed by atoms with E-state index < -0.39 is 5.97 Å². The Balaban J connectivity index is 2.24. The van der Waals surface area contributed by atoms with E-state index in [0.717, 1.165) is 5.56 Å². The van der Waals surface area contributed by atoms with Gasteiger partial charge in [-0.3, -0.25) is 0 Å². The molecule has 4 nitrogen and oxygen atoms in total. The largest absolute Gasteiger partial charge is 0.488 e. The number of esters is 1. The van der Waals surface area contributed by atoms with Crippen LogP contribution < -0.4 is 4.74 Å². The minimum atomic E-state index is -0.687. The van der Waals surface area contributed by atoms with E-state index >= 15 is 0 Å². The second-order valence-electron chi connectivity index (χ2n) is 4.58. The van der Waals surface area contributed by atoms with Crippen LogP contribution in [0.25, 0.3) is 6.08 Å². The molecule has 0 saturated heterocycles. The van der Waals surface area contributed by atoms with Gasteiger partial charge in [0.2, 0.25) is 0 Å². The van der Waals surface area contributed by atoms with E-state index in [2.05, 4.69) is 4.74 Å². The smallest absolute Gasteiger partial charge is 0.348 e. The molecule has 0 fully saturated rings. The Labute approximate surface area is 139 Å². The zero-order valence-electron chi connectivity index (χ0n) is 12.5. The summed E-state index contributed by atoms with van der Waals surface area (Å²) < 4.78 is 10.3. The molecule has 0 aliphatic rings. The molecule has 5 heteroatoms. The normalized spacial score (nSPS) is 10.7. The number of ether oxygens (including phenoxy) is 2. The fourth-order valence-electron chi connectivity index (χ4n) is 1.90. The number of nitriles is 1. The number of methoxy groups -OCH3 is 1. The Morgan fingerprint density at radius 3 is 2.61 bits per heavy atom. The molecule has 0 N–H and O–H groups in total. The predicted octanol–water partition coefficient (Wildman–Crippen LogP) is 4.00. The lowest BCUT2D eigenvalue weighted by Crippen LogP contribution is -2.03. The van der Waals surface area contributed by atoms with Crippen LogP contribution in [0.4, 0.5) is 0 Å². The van der Waals surface area contributed by atoms with Crippen molar-refractivity contribution >= 4 is 23.6 Å². The Kier molecular flexibility index (Phi) is 5.79. The molecule has 0 aromatic heterocycles. The van der Waals surface area contributed by atoms with Crippen molar-refractivity contribution in [2.45, 2.75) is 6.61 Å². The number of carbonyl (C=O) groups excluding carboxylic acids is 1. The quantitative estimate of drug-likeness (QED) is 0.473. The molecule has 0 bridgehead atoms. The molecule has 2 aromatic carbocycles. The highest BCUT2D eigenvalue weighted by Crippen LogP contribution is 2.24. The Hall–Kier alpha value is -2.77. The molecule has 2 rings (SSSR count). The second-order valence-corrected chi connectivity index (χ2v) is 4.99. The van der Waals surface area contributed by atoms with Gasteiger partial charge in [0, 0.05) is 16.1 Å². The molecule has 0 radical (unpaired) electrons. The number of rotatable bonds is 5. The second kappa shape index (κ2) is 8.02. The van der Waals surface area contributed by atoms with E-state index in [1.807, 2.05) is 30.3 Å². The van der Waals surface area contributed by atoms with Gasteiger partial charge < -0.3 is 9.47 Å². The third-order valence-electron chi connectivity index (χ3n) is 3.09. The van der Waals surface area contributed by atoms with Crippen molar-refractivity contribution in [1.29, 1.82) is 5.26 Å². The number of para-hydroxylation sites is 1. The Bertz CT molecular complexity index is 778. The summed E-state index contributed by atoms with van der Waals surface area (Å²) in [5, 5.41) is 9.67. The SMILES string of the molecule is COC(=O)/C(C#N)=C/c1ccccc1OCc1ccccc1Cl. The van der Waals surface area contributed by atoms with Crippen molar-refractivity contribution in [3.8, 4) is 11.8 Å². The molecule has 0 spiro atoms. The first-order valence-corrected chi connectivity index (χ1v) is 7.19. The van der Waals surface area contributed by atoms with Crippen LogP contribution in [-0.2, 0) is 16.1 Å². The number of hydrogen-bond acceptors (Lipinski definition) is 4. The molecule has 116 valence electrons. The number of nitrogens with zero attached hydrogens (tertiary/aromatic N) is 1. The van der Waals surface area contributed by atoms with Crippen LogP contribution in [0.2, 0.25) is 5.02 Å². The summed E-state index contributed by atoms with van der Waals surface area (Å²) in [5.74, 6) is -0.141. The first-order chi connectivity index (χ1) is 11.2. The van der Waals surface area contributed by atoms with E-state index in [0.29, 0.717) is 16.3 Å². The van der Waals surface area contributed by atoms with Gasteiger partial charge in [-0.25, -0.2) is 4.79 Å².